The van der Waals surface area contributed by atoms with E-state index >= 15 is 0 Å². The van der Waals surface area contributed by atoms with Crippen LogP contribution < -0.4 is 10.9 Å². The number of nitrogens with zero attached hydrogens (tertiary/aromatic N) is 2. The summed E-state index contributed by atoms with van der Waals surface area (Å²) in [6, 6.07) is 3.03. The van der Waals surface area contributed by atoms with Crippen LogP contribution in [0, 0.1) is 13.8 Å². The first-order valence-electron chi connectivity index (χ1n) is 6.79. The lowest BCUT2D eigenvalue weighted by molar-refractivity contribution is -0.137. The molecule has 0 saturated carbocycles. The molecule has 0 aliphatic heterocycles. The maximum Gasteiger partial charge on any atom is 0.417 e. The molecule has 1 aromatic heterocycles. The van der Waals surface area contributed by atoms with Gasteiger partial charge >= 0.3 is 6.18 Å². The highest BCUT2D eigenvalue weighted by Crippen LogP contribution is 2.36. The van der Waals surface area contributed by atoms with E-state index in [0.717, 1.165) is 16.7 Å². The Bertz CT molecular complexity index is 847. The molecule has 24 heavy (non-hydrogen) atoms. The molecule has 9 heteroatoms. The molecule has 0 aliphatic rings. The predicted octanol–water partition coefficient (Wildman–Crippen LogP) is 3.17. The van der Waals surface area contributed by atoms with Crippen LogP contribution >= 0.6 is 11.6 Å². The number of rotatable bonds is 3. The third-order valence-corrected chi connectivity index (χ3v) is 3.71. The molecule has 128 valence electrons. The Morgan fingerprint density at radius 1 is 1.33 bits per heavy atom. The number of aryl methyl sites for hydroxylation is 1. The SMILES string of the molecule is Cc1ncn(CC(=O)Nc2ccc(Cl)c(C(F)(F)F)c2)c(=O)c1C. The molecule has 1 heterocycles. The summed E-state index contributed by atoms with van der Waals surface area (Å²) in [6.45, 7) is 2.87. The number of carbonyl (C=O) groups excluding carboxylic acids is 1. The summed E-state index contributed by atoms with van der Waals surface area (Å²) in [5, 5.41) is 1.84. The average Bonchev–Trinajstić information content (AvgIpc) is 2.49. The standard InChI is InChI=1S/C15H13ClF3N3O2/c1-8-9(2)20-7-22(14(8)24)6-13(23)21-10-3-4-12(16)11(5-10)15(17,18)19/h3-5,7H,6H2,1-2H3,(H,21,23). The lowest BCUT2D eigenvalue weighted by Crippen LogP contribution is -2.29. The van der Waals surface area contributed by atoms with E-state index in [2.05, 4.69) is 10.3 Å². The van der Waals surface area contributed by atoms with Crippen LogP contribution in [0.2, 0.25) is 5.02 Å². The van der Waals surface area contributed by atoms with Gasteiger partial charge in [0, 0.05) is 16.9 Å². The summed E-state index contributed by atoms with van der Waals surface area (Å²) >= 11 is 5.51. The number of anilines is 1. The Morgan fingerprint density at radius 2 is 2.00 bits per heavy atom. The van der Waals surface area contributed by atoms with Crippen molar-refractivity contribution in [3.63, 3.8) is 0 Å². The molecule has 0 spiro atoms. The Morgan fingerprint density at radius 3 is 2.62 bits per heavy atom. The van der Waals surface area contributed by atoms with Gasteiger partial charge in [-0.1, -0.05) is 11.6 Å². The van der Waals surface area contributed by atoms with E-state index < -0.39 is 22.7 Å². The van der Waals surface area contributed by atoms with Crippen LogP contribution in [-0.4, -0.2) is 15.5 Å². The number of carbonyl (C=O) groups is 1. The van der Waals surface area contributed by atoms with Gasteiger partial charge in [0.2, 0.25) is 5.91 Å². The summed E-state index contributed by atoms with van der Waals surface area (Å²) < 4.78 is 39.5. The van der Waals surface area contributed by atoms with Crippen LogP contribution in [0.5, 0.6) is 0 Å². The molecule has 0 bridgehead atoms. The Balaban J connectivity index is 2.19. The van der Waals surface area contributed by atoms with E-state index in [1.165, 1.54) is 12.4 Å². The van der Waals surface area contributed by atoms with Gasteiger partial charge in [0.25, 0.3) is 5.56 Å². The number of benzene rings is 1. The largest absolute Gasteiger partial charge is 0.417 e. The van der Waals surface area contributed by atoms with E-state index in [4.69, 9.17) is 11.6 Å². The smallest absolute Gasteiger partial charge is 0.325 e. The zero-order chi connectivity index (χ0) is 18.1. The van der Waals surface area contributed by atoms with Gasteiger partial charge in [-0.05, 0) is 32.0 Å². The van der Waals surface area contributed by atoms with Crippen molar-refractivity contribution in [2.24, 2.45) is 0 Å². The molecular formula is C15H13ClF3N3O2. The molecular weight excluding hydrogens is 347 g/mol. The predicted molar refractivity (Wildman–Crippen MR) is 83.1 cm³/mol. The van der Waals surface area contributed by atoms with Gasteiger partial charge in [0.1, 0.15) is 6.54 Å². The van der Waals surface area contributed by atoms with E-state index in [0.29, 0.717) is 11.3 Å². The average molecular weight is 360 g/mol. The fourth-order valence-corrected chi connectivity index (χ4v) is 2.19. The van der Waals surface area contributed by atoms with Crippen molar-refractivity contribution in [1.29, 1.82) is 0 Å². The van der Waals surface area contributed by atoms with Crippen LogP contribution in [-0.2, 0) is 17.5 Å². The van der Waals surface area contributed by atoms with Crippen molar-refractivity contribution >= 4 is 23.2 Å². The fourth-order valence-electron chi connectivity index (χ4n) is 1.96. The summed E-state index contributed by atoms with van der Waals surface area (Å²) in [5.41, 5.74) is -0.557. The second-order valence-corrected chi connectivity index (χ2v) is 5.54. The van der Waals surface area contributed by atoms with Gasteiger partial charge in [-0.15, -0.1) is 0 Å². The highest BCUT2D eigenvalue weighted by molar-refractivity contribution is 6.31. The van der Waals surface area contributed by atoms with Crippen molar-refractivity contribution in [1.82, 2.24) is 9.55 Å². The van der Waals surface area contributed by atoms with Gasteiger partial charge in [0.15, 0.2) is 0 Å². The number of halogens is 4. The molecule has 0 fully saturated rings. The maximum atomic E-state index is 12.8. The molecule has 0 saturated heterocycles. The number of alkyl halides is 3. The lowest BCUT2D eigenvalue weighted by Gasteiger charge is -2.12. The molecule has 1 amide bonds. The zero-order valence-electron chi connectivity index (χ0n) is 12.7. The van der Waals surface area contributed by atoms with Gasteiger partial charge in [-0.2, -0.15) is 13.2 Å². The number of nitrogens with one attached hydrogen (secondary N) is 1. The van der Waals surface area contributed by atoms with Crippen molar-refractivity contribution in [3.05, 3.63) is 56.7 Å². The Kier molecular flexibility index (Phi) is 4.98. The topological polar surface area (TPSA) is 64.0 Å². The number of hydrogen-bond acceptors (Lipinski definition) is 3. The third-order valence-electron chi connectivity index (χ3n) is 3.38. The van der Waals surface area contributed by atoms with Crippen LogP contribution in [0.25, 0.3) is 0 Å². The van der Waals surface area contributed by atoms with E-state index in [-0.39, 0.29) is 17.8 Å². The molecule has 5 nitrogen and oxygen atoms in total. The number of aromatic nitrogens is 2. The van der Waals surface area contributed by atoms with Gasteiger partial charge in [0.05, 0.1) is 16.9 Å². The van der Waals surface area contributed by atoms with Crippen molar-refractivity contribution in [3.8, 4) is 0 Å². The summed E-state index contributed by atoms with van der Waals surface area (Å²) in [7, 11) is 0. The Labute approximate surface area is 140 Å². The van der Waals surface area contributed by atoms with Gasteiger partial charge in [-0.25, -0.2) is 4.98 Å². The fraction of sp³-hybridized carbons (Fsp3) is 0.267. The van der Waals surface area contributed by atoms with Crippen LogP contribution in [0.1, 0.15) is 16.8 Å². The molecule has 1 aromatic carbocycles. The maximum absolute atomic E-state index is 12.8. The summed E-state index contributed by atoms with van der Waals surface area (Å²) in [6.07, 6.45) is -3.42. The lowest BCUT2D eigenvalue weighted by atomic mass is 10.2. The van der Waals surface area contributed by atoms with Crippen molar-refractivity contribution in [2.45, 2.75) is 26.6 Å². The summed E-state index contributed by atoms with van der Waals surface area (Å²) in [4.78, 5) is 27.9. The molecule has 0 radical (unpaired) electrons. The minimum absolute atomic E-state index is 0.0680. The van der Waals surface area contributed by atoms with Crippen molar-refractivity contribution in [2.75, 3.05) is 5.32 Å². The molecule has 0 aliphatic carbocycles. The first-order chi connectivity index (χ1) is 11.1. The summed E-state index contributed by atoms with van der Waals surface area (Å²) in [5.74, 6) is -0.655. The van der Waals surface area contributed by atoms with Crippen LogP contribution in [0.4, 0.5) is 18.9 Å². The number of amides is 1. The highest BCUT2D eigenvalue weighted by Gasteiger charge is 2.33. The van der Waals surface area contributed by atoms with Gasteiger partial charge < -0.3 is 5.32 Å². The Hall–Kier alpha value is -2.35. The van der Waals surface area contributed by atoms with E-state index in [1.807, 2.05) is 0 Å². The van der Waals surface area contributed by atoms with Crippen LogP contribution in [0.15, 0.2) is 29.3 Å². The van der Waals surface area contributed by atoms with Gasteiger partial charge in [-0.3, -0.25) is 14.2 Å². The third kappa shape index (κ3) is 3.94. The molecule has 2 aromatic rings. The van der Waals surface area contributed by atoms with E-state index in [1.54, 1.807) is 13.8 Å². The first kappa shape index (κ1) is 18.0. The zero-order valence-corrected chi connectivity index (χ0v) is 13.5. The minimum Gasteiger partial charge on any atom is -0.325 e. The van der Waals surface area contributed by atoms with E-state index in [9.17, 15) is 22.8 Å². The molecule has 2 rings (SSSR count). The number of hydrogen-bond donors (Lipinski definition) is 1. The van der Waals surface area contributed by atoms with Crippen molar-refractivity contribution < 1.29 is 18.0 Å². The molecule has 1 N–H and O–H groups in total. The molecule has 0 unspecified atom stereocenters. The second-order valence-electron chi connectivity index (χ2n) is 5.13. The normalized spacial score (nSPS) is 11.4. The van der Waals surface area contributed by atoms with Crippen LogP contribution in [0.3, 0.4) is 0 Å². The second kappa shape index (κ2) is 6.64. The first-order valence-corrected chi connectivity index (χ1v) is 7.16. The highest BCUT2D eigenvalue weighted by atomic mass is 35.5. The quantitative estimate of drug-likeness (QED) is 0.915. The molecule has 0 atom stereocenters. The minimum atomic E-state index is -4.63. The monoisotopic (exact) mass is 359 g/mol.